The average molecular weight is 459 g/mol. The summed E-state index contributed by atoms with van der Waals surface area (Å²) in [4.78, 5) is 11.1. The number of aromatic nitrogens is 1. The summed E-state index contributed by atoms with van der Waals surface area (Å²) < 4.78 is 0. The summed E-state index contributed by atoms with van der Waals surface area (Å²) in [6, 6.07) is 2.84. The second-order valence-electron chi connectivity index (χ2n) is 6.71. The molecule has 0 bridgehead atoms. The second-order valence-corrected chi connectivity index (χ2v) is 6.71. The van der Waals surface area contributed by atoms with Gasteiger partial charge >= 0.3 is 0 Å². The number of hydrogen-bond donors (Lipinski definition) is 2. The van der Waals surface area contributed by atoms with E-state index in [1.807, 2.05) is 19.4 Å². The minimum atomic E-state index is 0. The zero-order valence-electron chi connectivity index (χ0n) is 15.9. The Morgan fingerprint density at radius 1 is 1.32 bits per heavy atom. The van der Waals surface area contributed by atoms with Crippen LogP contribution in [0, 0.1) is 6.92 Å². The zero-order chi connectivity index (χ0) is 17.2. The molecule has 0 radical (unpaired) electrons. The van der Waals surface area contributed by atoms with Gasteiger partial charge in [0.2, 0.25) is 0 Å². The first-order valence-corrected chi connectivity index (χ1v) is 9.28. The Bertz CT molecular complexity index is 520. The van der Waals surface area contributed by atoms with Gasteiger partial charge < -0.3 is 15.5 Å². The molecule has 1 saturated heterocycles. The quantitative estimate of drug-likeness (QED) is 0.285. The Hall–Kier alpha value is -0.890. The molecular weight excluding hydrogens is 425 g/mol. The third-order valence-electron chi connectivity index (χ3n) is 4.90. The van der Waals surface area contributed by atoms with E-state index in [9.17, 15) is 0 Å². The molecule has 1 aliphatic heterocycles. The maximum atomic E-state index is 4.31. The van der Waals surface area contributed by atoms with Crippen LogP contribution in [0.2, 0.25) is 0 Å². The van der Waals surface area contributed by atoms with Crippen molar-refractivity contribution < 1.29 is 0 Å². The lowest BCUT2D eigenvalue weighted by Gasteiger charge is -2.33. The zero-order valence-corrected chi connectivity index (χ0v) is 18.3. The van der Waals surface area contributed by atoms with Crippen molar-refractivity contribution in [2.45, 2.75) is 52.0 Å². The third-order valence-corrected chi connectivity index (χ3v) is 4.90. The number of pyridine rings is 1. The monoisotopic (exact) mass is 459 g/mol. The normalized spacial score (nSPS) is 18.5. The molecule has 1 aliphatic rings. The van der Waals surface area contributed by atoms with Crippen molar-refractivity contribution in [3.05, 3.63) is 29.6 Å². The molecular formula is C19H34IN5. The molecule has 5 nitrogen and oxygen atoms in total. The molecule has 0 aliphatic carbocycles. The van der Waals surface area contributed by atoms with Crippen LogP contribution in [0.3, 0.4) is 0 Å². The molecule has 1 fully saturated rings. The number of nitrogens with one attached hydrogen (secondary N) is 2. The van der Waals surface area contributed by atoms with Crippen LogP contribution in [0.25, 0.3) is 0 Å². The lowest BCUT2D eigenvalue weighted by Crippen LogP contribution is -2.41. The fourth-order valence-corrected chi connectivity index (χ4v) is 3.30. The van der Waals surface area contributed by atoms with Crippen molar-refractivity contribution in [1.82, 2.24) is 20.5 Å². The van der Waals surface area contributed by atoms with E-state index in [0.717, 1.165) is 37.9 Å². The molecule has 142 valence electrons. The number of guanidine groups is 1. The fraction of sp³-hybridized carbons (Fsp3) is 0.684. The second kappa shape index (κ2) is 12.5. The van der Waals surface area contributed by atoms with Gasteiger partial charge in [0.05, 0.1) is 0 Å². The third kappa shape index (κ3) is 7.90. The maximum Gasteiger partial charge on any atom is 0.190 e. The van der Waals surface area contributed by atoms with Gasteiger partial charge in [-0.1, -0.05) is 6.42 Å². The van der Waals surface area contributed by atoms with Gasteiger partial charge in [0, 0.05) is 45.1 Å². The Morgan fingerprint density at radius 3 is 2.84 bits per heavy atom. The highest BCUT2D eigenvalue weighted by atomic mass is 127. The van der Waals surface area contributed by atoms with Gasteiger partial charge in [-0.05, 0) is 63.3 Å². The minimum Gasteiger partial charge on any atom is -0.356 e. The number of likely N-dealkylation sites (tertiary alicyclic amines) is 1. The summed E-state index contributed by atoms with van der Waals surface area (Å²) in [6.07, 6.45) is 10.0. The van der Waals surface area contributed by atoms with E-state index in [4.69, 9.17) is 0 Å². The SMILES string of the molecule is CN=C(NCCCN1CCCCC1C)NCCc1ccncc1C.I. The summed E-state index contributed by atoms with van der Waals surface area (Å²) in [7, 11) is 1.83. The van der Waals surface area contributed by atoms with Crippen molar-refractivity contribution in [3.63, 3.8) is 0 Å². The van der Waals surface area contributed by atoms with Gasteiger partial charge in [0.25, 0.3) is 0 Å². The minimum absolute atomic E-state index is 0. The molecule has 2 heterocycles. The predicted molar refractivity (Wildman–Crippen MR) is 117 cm³/mol. The number of hydrogen-bond acceptors (Lipinski definition) is 3. The Kier molecular flexibility index (Phi) is 11.0. The van der Waals surface area contributed by atoms with Crippen LogP contribution >= 0.6 is 24.0 Å². The number of halogens is 1. The number of aliphatic imine (C=N–C) groups is 1. The van der Waals surface area contributed by atoms with Crippen LogP contribution < -0.4 is 10.6 Å². The predicted octanol–water partition coefficient (Wildman–Crippen LogP) is 2.98. The number of aryl methyl sites for hydroxylation is 1. The first kappa shape index (κ1) is 22.2. The van der Waals surface area contributed by atoms with Crippen LogP contribution in [0.15, 0.2) is 23.5 Å². The van der Waals surface area contributed by atoms with Crippen molar-refractivity contribution in [3.8, 4) is 0 Å². The first-order chi connectivity index (χ1) is 11.7. The van der Waals surface area contributed by atoms with Crippen molar-refractivity contribution in [2.75, 3.05) is 33.2 Å². The lowest BCUT2D eigenvalue weighted by atomic mass is 10.0. The largest absolute Gasteiger partial charge is 0.356 e. The lowest BCUT2D eigenvalue weighted by molar-refractivity contribution is 0.159. The highest BCUT2D eigenvalue weighted by molar-refractivity contribution is 14.0. The van der Waals surface area contributed by atoms with Gasteiger partial charge in [-0.3, -0.25) is 9.98 Å². The highest BCUT2D eigenvalue weighted by Gasteiger charge is 2.17. The number of piperidine rings is 1. The molecule has 0 spiro atoms. The van der Waals surface area contributed by atoms with Crippen molar-refractivity contribution in [1.29, 1.82) is 0 Å². The molecule has 1 aromatic heterocycles. The Balaban J connectivity index is 0.00000312. The van der Waals surface area contributed by atoms with E-state index >= 15 is 0 Å². The molecule has 0 aromatic carbocycles. The summed E-state index contributed by atoms with van der Waals surface area (Å²) in [5.74, 6) is 0.897. The molecule has 0 saturated carbocycles. The number of nitrogens with zero attached hydrogens (tertiary/aromatic N) is 3. The van der Waals surface area contributed by atoms with Crippen LogP contribution in [-0.4, -0.2) is 55.1 Å². The summed E-state index contributed by atoms with van der Waals surface area (Å²) in [5.41, 5.74) is 2.59. The molecule has 0 amide bonds. The highest BCUT2D eigenvalue weighted by Crippen LogP contribution is 2.16. The maximum absolute atomic E-state index is 4.31. The molecule has 1 aromatic rings. The molecule has 2 rings (SSSR count). The van der Waals surface area contributed by atoms with E-state index in [1.165, 1.54) is 43.5 Å². The van der Waals surface area contributed by atoms with Crippen LogP contribution in [0.4, 0.5) is 0 Å². The average Bonchev–Trinajstić information content (AvgIpc) is 2.60. The van der Waals surface area contributed by atoms with Crippen LogP contribution in [0.5, 0.6) is 0 Å². The topological polar surface area (TPSA) is 52.6 Å². The van der Waals surface area contributed by atoms with Gasteiger partial charge in [0.1, 0.15) is 0 Å². The summed E-state index contributed by atoms with van der Waals surface area (Å²) in [5, 5.41) is 6.82. The number of rotatable bonds is 7. The molecule has 25 heavy (non-hydrogen) atoms. The molecule has 2 N–H and O–H groups in total. The summed E-state index contributed by atoms with van der Waals surface area (Å²) >= 11 is 0. The smallest absolute Gasteiger partial charge is 0.190 e. The van der Waals surface area contributed by atoms with Crippen LogP contribution in [-0.2, 0) is 6.42 Å². The Morgan fingerprint density at radius 2 is 2.12 bits per heavy atom. The van der Waals surface area contributed by atoms with Gasteiger partial charge in [0.15, 0.2) is 5.96 Å². The van der Waals surface area contributed by atoms with E-state index in [-0.39, 0.29) is 24.0 Å². The molecule has 1 unspecified atom stereocenters. The van der Waals surface area contributed by atoms with E-state index < -0.39 is 0 Å². The van der Waals surface area contributed by atoms with Gasteiger partial charge in [-0.2, -0.15) is 0 Å². The van der Waals surface area contributed by atoms with Gasteiger partial charge in [-0.25, -0.2) is 0 Å². The molecule has 1 atom stereocenters. The van der Waals surface area contributed by atoms with E-state index in [0.29, 0.717) is 0 Å². The van der Waals surface area contributed by atoms with E-state index in [1.54, 1.807) is 0 Å². The summed E-state index contributed by atoms with van der Waals surface area (Å²) in [6.45, 7) is 8.76. The first-order valence-electron chi connectivity index (χ1n) is 9.28. The Labute approximate surface area is 170 Å². The molecule has 6 heteroatoms. The van der Waals surface area contributed by atoms with Gasteiger partial charge in [-0.15, -0.1) is 24.0 Å². The fourth-order valence-electron chi connectivity index (χ4n) is 3.30. The van der Waals surface area contributed by atoms with E-state index in [2.05, 4.69) is 45.4 Å². The van der Waals surface area contributed by atoms with Crippen molar-refractivity contribution >= 4 is 29.9 Å². The van der Waals surface area contributed by atoms with Crippen LogP contribution in [0.1, 0.15) is 43.7 Å². The standard InChI is InChI=1S/C19H33N5.HI/c1-16-15-21-11-8-18(16)9-12-23-19(20-3)22-10-6-14-24-13-5-4-7-17(24)2;/h8,11,15,17H,4-7,9-10,12-14H2,1-3H3,(H2,20,22,23);1H. The van der Waals surface area contributed by atoms with Crippen molar-refractivity contribution in [2.24, 2.45) is 4.99 Å².